The van der Waals surface area contributed by atoms with Gasteiger partial charge in [-0.1, -0.05) is 27.2 Å². The predicted molar refractivity (Wildman–Crippen MR) is 58.1 cm³/mol. The molecule has 0 saturated heterocycles. The highest BCUT2D eigenvalue weighted by atomic mass is 16.7. The van der Waals surface area contributed by atoms with E-state index in [9.17, 15) is 4.79 Å². The van der Waals surface area contributed by atoms with Crippen molar-refractivity contribution in [2.75, 3.05) is 0 Å². The van der Waals surface area contributed by atoms with Gasteiger partial charge in [-0.15, -0.1) is 0 Å². The van der Waals surface area contributed by atoms with Crippen LogP contribution in [0.5, 0.6) is 0 Å². The molecule has 1 rings (SSSR count). The highest BCUT2D eigenvalue weighted by molar-refractivity contribution is 5.60. The lowest BCUT2D eigenvalue weighted by Gasteiger charge is -2.36. The van der Waals surface area contributed by atoms with E-state index >= 15 is 0 Å². The van der Waals surface area contributed by atoms with Crippen molar-refractivity contribution in [1.29, 1.82) is 0 Å². The Hall–Kier alpha value is -0.730. The van der Waals surface area contributed by atoms with Crippen LogP contribution in [-0.2, 0) is 9.47 Å². The molecule has 1 aliphatic rings. The second kappa shape index (κ2) is 5.38. The van der Waals surface area contributed by atoms with Gasteiger partial charge in [0.15, 0.2) is 0 Å². The second-order valence-electron chi connectivity index (χ2n) is 4.88. The molecule has 2 unspecified atom stereocenters. The number of rotatable bonds is 2. The standard InChI is InChI=1S/C12H21O3/c1-8(2)10-6-5-9(3)7-11(10)15-12(13)14-4/h8-11H,4-7H2,1-3H3/t9-,10?,11?/m0/s1. The fourth-order valence-corrected chi connectivity index (χ4v) is 2.41. The molecule has 15 heavy (non-hydrogen) atoms. The zero-order chi connectivity index (χ0) is 11.4. The first-order valence-electron chi connectivity index (χ1n) is 5.67. The lowest BCUT2D eigenvalue weighted by atomic mass is 9.75. The van der Waals surface area contributed by atoms with E-state index in [0.29, 0.717) is 17.8 Å². The van der Waals surface area contributed by atoms with Crippen LogP contribution in [0, 0.1) is 24.9 Å². The lowest BCUT2D eigenvalue weighted by molar-refractivity contribution is -0.0206. The molecule has 0 heterocycles. The van der Waals surface area contributed by atoms with Crippen LogP contribution in [0.1, 0.15) is 40.0 Å². The fraction of sp³-hybridized carbons (Fsp3) is 0.833. The Morgan fingerprint density at radius 1 is 1.40 bits per heavy atom. The van der Waals surface area contributed by atoms with Crippen molar-refractivity contribution in [2.45, 2.75) is 46.1 Å². The van der Waals surface area contributed by atoms with Crippen molar-refractivity contribution in [3.8, 4) is 0 Å². The quantitative estimate of drug-likeness (QED) is 0.659. The van der Waals surface area contributed by atoms with Crippen LogP contribution < -0.4 is 0 Å². The Bertz CT molecular complexity index is 213. The van der Waals surface area contributed by atoms with Gasteiger partial charge in [-0.25, -0.2) is 4.79 Å². The summed E-state index contributed by atoms with van der Waals surface area (Å²) in [6.45, 7) is 6.54. The zero-order valence-corrected chi connectivity index (χ0v) is 9.86. The highest BCUT2D eigenvalue weighted by Crippen LogP contribution is 2.35. The van der Waals surface area contributed by atoms with Crippen molar-refractivity contribution >= 4 is 6.16 Å². The summed E-state index contributed by atoms with van der Waals surface area (Å²) in [6.07, 6.45) is 2.65. The summed E-state index contributed by atoms with van der Waals surface area (Å²) >= 11 is 0. The van der Waals surface area contributed by atoms with E-state index in [0.717, 1.165) is 12.8 Å². The molecule has 3 heteroatoms. The molecule has 1 aliphatic carbocycles. The normalized spacial score (nSPS) is 31.4. The first kappa shape index (κ1) is 12.3. The summed E-state index contributed by atoms with van der Waals surface area (Å²) in [5.74, 6) is 1.63. The van der Waals surface area contributed by atoms with Crippen LogP contribution in [-0.4, -0.2) is 12.3 Å². The molecule has 0 aromatic carbocycles. The van der Waals surface area contributed by atoms with Crippen LogP contribution in [0.15, 0.2) is 0 Å². The molecule has 0 aliphatic heterocycles. The van der Waals surface area contributed by atoms with Gasteiger partial charge in [0, 0.05) is 0 Å². The Morgan fingerprint density at radius 2 is 2.07 bits per heavy atom. The Balaban J connectivity index is 2.57. The van der Waals surface area contributed by atoms with E-state index in [1.807, 2.05) is 0 Å². The maximum Gasteiger partial charge on any atom is 0.508 e. The summed E-state index contributed by atoms with van der Waals surface area (Å²) < 4.78 is 9.57. The average molecular weight is 213 g/mol. The van der Waals surface area contributed by atoms with E-state index in [-0.39, 0.29) is 6.10 Å². The number of hydrogen-bond acceptors (Lipinski definition) is 3. The van der Waals surface area contributed by atoms with Gasteiger partial charge in [-0.05, 0) is 30.6 Å². The van der Waals surface area contributed by atoms with Gasteiger partial charge in [-0.2, -0.15) is 0 Å². The van der Waals surface area contributed by atoms with E-state index in [1.54, 1.807) is 0 Å². The Kier molecular flexibility index (Phi) is 4.43. The molecule has 0 aromatic heterocycles. The van der Waals surface area contributed by atoms with Gasteiger partial charge < -0.3 is 9.47 Å². The van der Waals surface area contributed by atoms with Gasteiger partial charge in [0.2, 0.25) is 0 Å². The predicted octanol–water partition coefficient (Wildman–Crippen LogP) is 3.39. The van der Waals surface area contributed by atoms with Gasteiger partial charge >= 0.3 is 6.16 Å². The average Bonchev–Trinajstić information content (AvgIpc) is 2.17. The highest BCUT2D eigenvalue weighted by Gasteiger charge is 2.33. The van der Waals surface area contributed by atoms with Gasteiger partial charge in [-0.3, -0.25) is 0 Å². The molecule has 0 N–H and O–H groups in total. The minimum absolute atomic E-state index is 0.00278. The summed E-state index contributed by atoms with van der Waals surface area (Å²) in [6, 6.07) is 0. The van der Waals surface area contributed by atoms with Crippen LogP contribution in [0.25, 0.3) is 0 Å². The number of ether oxygens (including phenoxy) is 2. The molecule has 3 atom stereocenters. The molecule has 87 valence electrons. The summed E-state index contributed by atoms with van der Waals surface area (Å²) in [5, 5.41) is 0. The third-order valence-electron chi connectivity index (χ3n) is 3.33. The molecule has 0 aromatic rings. The molecule has 1 radical (unpaired) electrons. The van der Waals surface area contributed by atoms with E-state index in [4.69, 9.17) is 4.74 Å². The fourth-order valence-electron chi connectivity index (χ4n) is 2.41. The molecular weight excluding hydrogens is 192 g/mol. The minimum Gasteiger partial charge on any atom is -0.431 e. The van der Waals surface area contributed by atoms with Gasteiger partial charge in [0.1, 0.15) is 13.2 Å². The number of carbonyl (C=O) groups is 1. The third kappa shape index (κ3) is 3.40. The van der Waals surface area contributed by atoms with Crippen molar-refractivity contribution in [3.63, 3.8) is 0 Å². The molecule has 1 fully saturated rings. The maximum absolute atomic E-state index is 11.0. The van der Waals surface area contributed by atoms with Crippen molar-refractivity contribution in [2.24, 2.45) is 17.8 Å². The van der Waals surface area contributed by atoms with Crippen LogP contribution in [0.2, 0.25) is 0 Å². The van der Waals surface area contributed by atoms with E-state index < -0.39 is 6.16 Å². The second-order valence-corrected chi connectivity index (χ2v) is 4.88. The summed E-state index contributed by atoms with van der Waals surface area (Å²) in [7, 11) is 3.07. The lowest BCUT2D eigenvalue weighted by Crippen LogP contribution is -2.35. The largest absolute Gasteiger partial charge is 0.508 e. The topological polar surface area (TPSA) is 35.5 Å². The molecule has 3 nitrogen and oxygen atoms in total. The van der Waals surface area contributed by atoms with E-state index in [1.165, 1.54) is 6.42 Å². The SMILES string of the molecule is [CH2]OC(=O)OC1C[C@@H](C)CCC1C(C)C. The minimum atomic E-state index is -0.653. The molecule has 0 amide bonds. The summed E-state index contributed by atoms with van der Waals surface area (Å²) in [4.78, 5) is 11.0. The Labute approximate surface area is 92.1 Å². The monoisotopic (exact) mass is 213 g/mol. The maximum atomic E-state index is 11.0. The van der Waals surface area contributed by atoms with Gasteiger partial charge in [0.05, 0.1) is 0 Å². The number of hydrogen-bond donors (Lipinski definition) is 0. The van der Waals surface area contributed by atoms with Gasteiger partial charge in [0.25, 0.3) is 0 Å². The zero-order valence-electron chi connectivity index (χ0n) is 9.86. The van der Waals surface area contributed by atoms with E-state index in [2.05, 4.69) is 32.6 Å². The summed E-state index contributed by atoms with van der Waals surface area (Å²) in [5.41, 5.74) is 0. The Morgan fingerprint density at radius 3 is 2.60 bits per heavy atom. The molecule has 0 spiro atoms. The molecule has 0 bridgehead atoms. The van der Waals surface area contributed by atoms with Crippen molar-refractivity contribution in [1.82, 2.24) is 0 Å². The first-order chi connectivity index (χ1) is 7.04. The van der Waals surface area contributed by atoms with Crippen LogP contribution >= 0.6 is 0 Å². The van der Waals surface area contributed by atoms with Crippen molar-refractivity contribution in [3.05, 3.63) is 7.11 Å². The van der Waals surface area contributed by atoms with Crippen molar-refractivity contribution < 1.29 is 14.3 Å². The number of carbonyl (C=O) groups excluding carboxylic acids is 1. The first-order valence-corrected chi connectivity index (χ1v) is 5.67. The van der Waals surface area contributed by atoms with Crippen LogP contribution in [0.4, 0.5) is 4.79 Å². The van der Waals surface area contributed by atoms with Crippen LogP contribution in [0.3, 0.4) is 0 Å². The smallest absolute Gasteiger partial charge is 0.431 e. The molecule has 1 saturated carbocycles. The molecular formula is C12H21O3. The third-order valence-corrected chi connectivity index (χ3v) is 3.33.